The smallest absolute Gasteiger partial charge is 0.430 e. The number of carbonyl (C=O) groups is 3. The summed E-state index contributed by atoms with van der Waals surface area (Å²) in [5, 5.41) is 0.853. The molecular weight excluding hydrogens is 438 g/mol. The van der Waals surface area contributed by atoms with Gasteiger partial charge in [-0.3, -0.25) is 9.69 Å². The molecule has 1 aliphatic rings. The van der Waals surface area contributed by atoms with Crippen molar-refractivity contribution in [2.75, 3.05) is 18.1 Å². The number of benzene rings is 2. The predicted octanol–water partition coefficient (Wildman–Crippen LogP) is 4.02. The van der Waals surface area contributed by atoms with E-state index in [9.17, 15) is 14.4 Å². The molecule has 0 spiro atoms. The molecule has 0 unspecified atom stereocenters. The maximum Gasteiger partial charge on any atom is 0.430 e. The van der Waals surface area contributed by atoms with E-state index in [0.29, 0.717) is 11.3 Å². The van der Waals surface area contributed by atoms with E-state index in [2.05, 4.69) is 5.43 Å². The van der Waals surface area contributed by atoms with Crippen molar-refractivity contribution in [2.45, 2.75) is 18.7 Å². The molecule has 1 saturated heterocycles. The Morgan fingerprint density at radius 2 is 1.61 bits per heavy atom. The van der Waals surface area contributed by atoms with Crippen molar-refractivity contribution in [1.29, 1.82) is 0 Å². The van der Waals surface area contributed by atoms with E-state index >= 15 is 0 Å². The highest BCUT2D eigenvalue weighted by atomic mass is 32.2. The first-order valence-corrected chi connectivity index (χ1v) is 10.8. The van der Waals surface area contributed by atoms with Gasteiger partial charge in [0.2, 0.25) is 4.87 Å². The van der Waals surface area contributed by atoms with Crippen molar-refractivity contribution < 1.29 is 23.9 Å². The van der Waals surface area contributed by atoms with Crippen molar-refractivity contribution in [1.82, 2.24) is 10.4 Å². The fourth-order valence-corrected chi connectivity index (χ4v) is 4.79. The highest BCUT2D eigenvalue weighted by molar-refractivity contribution is 8.25. The van der Waals surface area contributed by atoms with Crippen LogP contribution < -0.4 is 10.3 Å². The number of ether oxygens (including phenoxy) is 2. The fraction of sp³-hybridized carbons (Fsp3) is 0.238. The van der Waals surface area contributed by atoms with Gasteiger partial charge in [0.25, 0.3) is 5.91 Å². The SMILES string of the molecule is CCOC(=O)NN(C(=O)OCC)[C@@]1(c2ccccc2)SC(=S)N(c2ccccc2)C1=O. The van der Waals surface area contributed by atoms with E-state index < -0.39 is 23.0 Å². The number of thiocarbonyl (C=S) groups is 1. The van der Waals surface area contributed by atoms with Crippen molar-refractivity contribution in [3.63, 3.8) is 0 Å². The van der Waals surface area contributed by atoms with Gasteiger partial charge in [-0.2, -0.15) is 5.01 Å². The van der Waals surface area contributed by atoms with Crippen LogP contribution in [0.3, 0.4) is 0 Å². The van der Waals surface area contributed by atoms with Gasteiger partial charge in [-0.15, -0.1) is 0 Å². The Hall–Kier alpha value is -3.11. The predicted molar refractivity (Wildman–Crippen MR) is 121 cm³/mol. The zero-order chi connectivity index (χ0) is 22.4. The van der Waals surface area contributed by atoms with Crippen LogP contribution in [0.1, 0.15) is 19.4 Å². The van der Waals surface area contributed by atoms with Gasteiger partial charge in [0.05, 0.1) is 18.9 Å². The molecule has 1 aliphatic heterocycles. The van der Waals surface area contributed by atoms with Crippen molar-refractivity contribution in [3.8, 4) is 0 Å². The fourth-order valence-electron chi connectivity index (χ4n) is 3.06. The minimum Gasteiger partial charge on any atom is -0.449 e. The van der Waals surface area contributed by atoms with Crippen LogP contribution in [0.15, 0.2) is 60.7 Å². The first-order chi connectivity index (χ1) is 15.0. The Bertz CT molecular complexity index is 973. The maximum absolute atomic E-state index is 13.9. The Kier molecular flexibility index (Phi) is 7.13. The molecule has 3 rings (SSSR count). The molecule has 0 bridgehead atoms. The third-order valence-corrected chi connectivity index (χ3v) is 6.01. The number of para-hydroxylation sites is 1. The van der Waals surface area contributed by atoms with Crippen molar-refractivity contribution in [2.24, 2.45) is 0 Å². The van der Waals surface area contributed by atoms with Crippen LogP contribution in [0.5, 0.6) is 0 Å². The van der Waals surface area contributed by atoms with Gasteiger partial charge in [-0.25, -0.2) is 15.0 Å². The molecule has 1 atom stereocenters. The molecule has 0 radical (unpaired) electrons. The molecule has 31 heavy (non-hydrogen) atoms. The average Bonchev–Trinajstić information content (AvgIpc) is 3.04. The summed E-state index contributed by atoms with van der Waals surface area (Å²) in [7, 11) is 0. The van der Waals surface area contributed by atoms with Gasteiger partial charge >= 0.3 is 12.2 Å². The van der Waals surface area contributed by atoms with Gasteiger partial charge < -0.3 is 9.47 Å². The third-order valence-electron chi connectivity index (χ3n) is 4.33. The van der Waals surface area contributed by atoms with Crippen molar-refractivity contribution in [3.05, 3.63) is 66.2 Å². The summed E-state index contributed by atoms with van der Waals surface area (Å²) in [6.45, 7) is 3.37. The second-order valence-electron chi connectivity index (χ2n) is 6.22. The Morgan fingerprint density at radius 1 is 1.03 bits per heavy atom. The topological polar surface area (TPSA) is 88.2 Å². The van der Waals surface area contributed by atoms with Crippen LogP contribution in [-0.4, -0.2) is 40.6 Å². The van der Waals surface area contributed by atoms with Crippen LogP contribution in [0, 0.1) is 0 Å². The largest absolute Gasteiger partial charge is 0.449 e. The number of amides is 3. The second kappa shape index (κ2) is 9.80. The number of hydrogen-bond donors (Lipinski definition) is 1. The van der Waals surface area contributed by atoms with E-state index in [1.165, 1.54) is 4.90 Å². The zero-order valence-corrected chi connectivity index (χ0v) is 18.6. The number of carbonyl (C=O) groups excluding carboxylic acids is 3. The molecule has 0 aromatic heterocycles. The number of nitrogens with one attached hydrogen (secondary N) is 1. The molecule has 8 nitrogen and oxygen atoms in total. The maximum atomic E-state index is 13.9. The number of anilines is 1. The van der Waals surface area contributed by atoms with E-state index in [0.717, 1.165) is 16.8 Å². The lowest BCUT2D eigenvalue weighted by molar-refractivity contribution is -0.125. The Labute approximate surface area is 189 Å². The van der Waals surface area contributed by atoms with Crippen LogP contribution in [-0.2, 0) is 19.1 Å². The molecule has 2 aromatic rings. The van der Waals surface area contributed by atoms with Gasteiger partial charge in [0.15, 0.2) is 4.32 Å². The molecule has 0 saturated carbocycles. The van der Waals surface area contributed by atoms with Crippen molar-refractivity contribution >= 4 is 52.1 Å². The van der Waals surface area contributed by atoms with Gasteiger partial charge in [0, 0.05) is 0 Å². The monoisotopic (exact) mass is 459 g/mol. The van der Waals surface area contributed by atoms with Gasteiger partial charge in [-0.05, 0) is 31.5 Å². The van der Waals surface area contributed by atoms with Crippen LogP contribution >= 0.6 is 24.0 Å². The first-order valence-electron chi connectivity index (χ1n) is 9.54. The first kappa shape index (κ1) is 22.6. The van der Waals surface area contributed by atoms with Crippen LogP contribution in [0.2, 0.25) is 0 Å². The van der Waals surface area contributed by atoms with E-state index in [4.69, 9.17) is 21.7 Å². The summed E-state index contributed by atoms with van der Waals surface area (Å²) >= 11 is 6.49. The Balaban J connectivity index is 2.17. The summed E-state index contributed by atoms with van der Waals surface area (Å²) in [6.07, 6.45) is -1.82. The molecular formula is C21H21N3O5S2. The summed E-state index contributed by atoms with van der Waals surface area (Å²) in [5.74, 6) is -0.523. The molecule has 3 amide bonds. The lowest BCUT2D eigenvalue weighted by Crippen LogP contribution is -2.60. The number of rotatable bonds is 5. The third kappa shape index (κ3) is 4.35. The Morgan fingerprint density at radius 3 is 2.19 bits per heavy atom. The van der Waals surface area contributed by atoms with E-state index in [-0.39, 0.29) is 17.5 Å². The lowest BCUT2D eigenvalue weighted by atomic mass is 10.0. The number of hydrazine groups is 1. The highest BCUT2D eigenvalue weighted by Gasteiger charge is 2.59. The summed E-state index contributed by atoms with van der Waals surface area (Å²) in [4.78, 5) is 38.7. The molecule has 2 aromatic carbocycles. The quantitative estimate of drug-likeness (QED) is 0.534. The van der Waals surface area contributed by atoms with Gasteiger partial charge in [-0.1, -0.05) is 72.5 Å². The summed E-state index contributed by atoms with van der Waals surface area (Å²) in [5.41, 5.74) is 3.36. The minimum absolute atomic E-state index is 0.0381. The van der Waals surface area contributed by atoms with E-state index in [1.807, 2.05) is 6.07 Å². The zero-order valence-electron chi connectivity index (χ0n) is 16.9. The molecule has 1 heterocycles. The average molecular weight is 460 g/mol. The van der Waals surface area contributed by atoms with Gasteiger partial charge in [0.1, 0.15) is 0 Å². The number of nitrogens with zero attached hydrogens (tertiary/aromatic N) is 2. The van der Waals surface area contributed by atoms with Crippen LogP contribution in [0.25, 0.3) is 0 Å². The number of hydrogen-bond acceptors (Lipinski definition) is 7. The standard InChI is InChI=1S/C21H21N3O5S2/c1-3-28-18(26)22-24(19(27)29-4-2)21(15-11-7-5-8-12-15)17(25)23(20(30)31-21)16-13-9-6-10-14-16/h5-14H,3-4H2,1-2H3,(H,22,26)/t21-/m0/s1. The molecule has 1 N–H and O–H groups in total. The highest BCUT2D eigenvalue weighted by Crippen LogP contribution is 2.49. The molecule has 10 heteroatoms. The lowest BCUT2D eigenvalue weighted by Gasteiger charge is -2.36. The number of thioether (sulfide) groups is 1. The van der Waals surface area contributed by atoms with Crippen LogP contribution in [0.4, 0.5) is 15.3 Å². The van der Waals surface area contributed by atoms with E-state index in [1.54, 1.807) is 68.4 Å². The normalized spacial score (nSPS) is 17.9. The molecule has 162 valence electrons. The minimum atomic E-state index is -1.73. The molecule has 0 aliphatic carbocycles. The second-order valence-corrected chi connectivity index (χ2v) is 8.05. The summed E-state index contributed by atoms with van der Waals surface area (Å²) in [6, 6.07) is 17.4. The summed E-state index contributed by atoms with van der Waals surface area (Å²) < 4.78 is 10.3. The molecule has 1 fully saturated rings.